The fraction of sp³-hybridized carbons (Fsp3) is 0.316. The van der Waals surface area contributed by atoms with Crippen LogP contribution >= 0.6 is 11.8 Å². The van der Waals surface area contributed by atoms with E-state index in [1.54, 1.807) is 12.3 Å². The Morgan fingerprint density at radius 1 is 1.31 bits per heavy atom. The van der Waals surface area contributed by atoms with Gasteiger partial charge >= 0.3 is 0 Å². The summed E-state index contributed by atoms with van der Waals surface area (Å²) in [5.41, 5.74) is 4.22. The SMILES string of the molecule is Cc1ccc(C)c(-n2ccnc2SCC(=O)Nc2cc(C(C)C)no2)c1. The summed E-state index contributed by atoms with van der Waals surface area (Å²) in [6, 6.07) is 8.04. The number of thioether (sulfide) groups is 1. The Bertz CT molecular complexity index is 914. The molecule has 2 heterocycles. The molecule has 0 radical (unpaired) electrons. The van der Waals surface area contributed by atoms with Gasteiger partial charge in [0, 0.05) is 18.5 Å². The van der Waals surface area contributed by atoms with Gasteiger partial charge in [0.2, 0.25) is 11.8 Å². The minimum absolute atomic E-state index is 0.156. The normalized spacial score (nSPS) is 11.1. The number of nitrogens with one attached hydrogen (secondary N) is 1. The monoisotopic (exact) mass is 370 g/mol. The van der Waals surface area contributed by atoms with Crippen LogP contribution in [0.5, 0.6) is 0 Å². The molecule has 1 amide bonds. The zero-order valence-corrected chi connectivity index (χ0v) is 16.1. The van der Waals surface area contributed by atoms with Gasteiger partial charge in [-0.3, -0.25) is 14.7 Å². The fourth-order valence-electron chi connectivity index (χ4n) is 2.48. The minimum Gasteiger partial charge on any atom is -0.338 e. The summed E-state index contributed by atoms with van der Waals surface area (Å²) in [4.78, 5) is 16.6. The maximum absolute atomic E-state index is 12.2. The molecule has 0 unspecified atom stereocenters. The van der Waals surface area contributed by atoms with Crippen molar-refractivity contribution >= 4 is 23.6 Å². The third-order valence-corrected chi connectivity index (χ3v) is 4.91. The summed E-state index contributed by atoms with van der Waals surface area (Å²) in [5, 5.41) is 7.44. The highest BCUT2D eigenvalue weighted by atomic mass is 32.2. The smallest absolute Gasteiger partial charge is 0.237 e. The molecular weight excluding hydrogens is 348 g/mol. The lowest BCUT2D eigenvalue weighted by atomic mass is 10.1. The second-order valence-corrected chi connectivity index (χ2v) is 7.42. The van der Waals surface area contributed by atoms with Crippen molar-refractivity contribution < 1.29 is 9.32 Å². The number of rotatable bonds is 6. The van der Waals surface area contributed by atoms with Crippen molar-refractivity contribution in [3.63, 3.8) is 0 Å². The zero-order chi connectivity index (χ0) is 18.7. The van der Waals surface area contributed by atoms with Gasteiger partial charge in [-0.15, -0.1) is 0 Å². The largest absolute Gasteiger partial charge is 0.338 e. The number of carbonyl (C=O) groups is 1. The van der Waals surface area contributed by atoms with E-state index >= 15 is 0 Å². The number of hydrogen-bond acceptors (Lipinski definition) is 5. The Morgan fingerprint density at radius 3 is 2.85 bits per heavy atom. The number of anilines is 1. The van der Waals surface area contributed by atoms with E-state index in [1.807, 2.05) is 24.6 Å². The summed E-state index contributed by atoms with van der Waals surface area (Å²) in [6.45, 7) is 8.16. The molecule has 0 fully saturated rings. The van der Waals surface area contributed by atoms with Gasteiger partial charge in [0.25, 0.3) is 0 Å². The molecular formula is C19H22N4O2S. The first-order chi connectivity index (χ1) is 12.4. The Morgan fingerprint density at radius 2 is 2.12 bits per heavy atom. The molecule has 0 aliphatic carbocycles. The molecule has 6 nitrogen and oxygen atoms in total. The first-order valence-corrected chi connectivity index (χ1v) is 9.43. The van der Waals surface area contributed by atoms with Crippen molar-refractivity contribution in [2.45, 2.75) is 38.8 Å². The quantitative estimate of drug-likeness (QED) is 0.654. The zero-order valence-electron chi connectivity index (χ0n) is 15.3. The van der Waals surface area contributed by atoms with Crippen LogP contribution in [-0.2, 0) is 4.79 Å². The molecule has 26 heavy (non-hydrogen) atoms. The van der Waals surface area contributed by atoms with Crippen LogP contribution in [0.1, 0.15) is 36.6 Å². The summed E-state index contributed by atoms with van der Waals surface area (Å²) in [7, 11) is 0. The number of aromatic nitrogens is 3. The van der Waals surface area contributed by atoms with Crippen molar-refractivity contribution in [2.24, 2.45) is 0 Å². The van der Waals surface area contributed by atoms with Gasteiger partial charge in [-0.1, -0.05) is 42.9 Å². The first kappa shape index (κ1) is 18.3. The average molecular weight is 370 g/mol. The molecule has 1 N–H and O–H groups in total. The summed E-state index contributed by atoms with van der Waals surface area (Å²) in [5.74, 6) is 0.706. The topological polar surface area (TPSA) is 73.0 Å². The van der Waals surface area contributed by atoms with E-state index < -0.39 is 0 Å². The molecule has 3 aromatic rings. The Hall–Kier alpha value is -2.54. The number of nitrogens with zero attached hydrogens (tertiary/aromatic N) is 3. The number of hydrogen-bond donors (Lipinski definition) is 1. The minimum atomic E-state index is -0.156. The van der Waals surface area contributed by atoms with Crippen molar-refractivity contribution in [1.29, 1.82) is 0 Å². The predicted octanol–water partition coefficient (Wildman–Crippen LogP) is 4.33. The number of amides is 1. The molecule has 0 saturated heterocycles. The summed E-state index contributed by atoms with van der Waals surface area (Å²) in [6.07, 6.45) is 3.65. The number of carbonyl (C=O) groups excluding carboxylic acids is 1. The van der Waals surface area contributed by atoms with Crippen LogP contribution in [0.25, 0.3) is 5.69 Å². The molecule has 2 aromatic heterocycles. The van der Waals surface area contributed by atoms with Crippen LogP contribution in [0.4, 0.5) is 5.88 Å². The van der Waals surface area contributed by atoms with Crippen LogP contribution in [0.2, 0.25) is 0 Å². The van der Waals surface area contributed by atoms with Gasteiger partial charge in [-0.25, -0.2) is 4.98 Å². The van der Waals surface area contributed by atoms with Crippen LogP contribution in [0.3, 0.4) is 0 Å². The van der Waals surface area contributed by atoms with Gasteiger partial charge in [-0.2, -0.15) is 0 Å². The van der Waals surface area contributed by atoms with Crippen LogP contribution in [-0.4, -0.2) is 26.4 Å². The van der Waals surface area contributed by atoms with E-state index in [2.05, 4.69) is 47.5 Å². The van der Waals surface area contributed by atoms with Crippen molar-refractivity contribution in [1.82, 2.24) is 14.7 Å². The molecule has 0 aliphatic rings. The Kier molecular flexibility index (Phi) is 5.46. The highest BCUT2D eigenvalue weighted by molar-refractivity contribution is 7.99. The highest BCUT2D eigenvalue weighted by Crippen LogP contribution is 2.24. The molecule has 0 aliphatic heterocycles. The van der Waals surface area contributed by atoms with Gasteiger partial charge in [0.05, 0.1) is 17.1 Å². The van der Waals surface area contributed by atoms with Gasteiger partial charge in [0.1, 0.15) is 0 Å². The Balaban J connectivity index is 1.66. The molecule has 136 valence electrons. The van der Waals surface area contributed by atoms with Gasteiger partial charge < -0.3 is 4.52 Å². The molecule has 0 saturated carbocycles. The molecule has 0 bridgehead atoms. The maximum atomic E-state index is 12.2. The average Bonchev–Trinajstić information content (AvgIpc) is 3.24. The Labute approximate surface area is 157 Å². The third-order valence-electron chi connectivity index (χ3n) is 3.95. The molecule has 3 rings (SSSR count). The molecule has 0 spiro atoms. The van der Waals surface area contributed by atoms with Crippen molar-refractivity contribution in [3.05, 3.63) is 53.5 Å². The van der Waals surface area contributed by atoms with E-state index in [-0.39, 0.29) is 17.6 Å². The summed E-state index contributed by atoms with van der Waals surface area (Å²) >= 11 is 1.38. The van der Waals surface area contributed by atoms with Crippen molar-refractivity contribution in [2.75, 3.05) is 11.1 Å². The van der Waals surface area contributed by atoms with E-state index in [1.165, 1.54) is 17.3 Å². The first-order valence-electron chi connectivity index (χ1n) is 8.44. The second kappa shape index (κ2) is 7.78. The summed E-state index contributed by atoms with van der Waals surface area (Å²) < 4.78 is 7.15. The number of benzene rings is 1. The lowest BCUT2D eigenvalue weighted by molar-refractivity contribution is -0.113. The van der Waals surface area contributed by atoms with Crippen LogP contribution in [0, 0.1) is 13.8 Å². The van der Waals surface area contributed by atoms with E-state index in [9.17, 15) is 4.79 Å². The van der Waals surface area contributed by atoms with E-state index in [0.717, 1.165) is 22.1 Å². The number of aryl methyl sites for hydroxylation is 2. The standard InChI is InChI=1S/C19H22N4O2S/c1-12(2)15-10-18(25-22-15)21-17(24)11-26-19-20-7-8-23(19)16-9-13(3)5-6-14(16)4/h5-10,12H,11H2,1-4H3,(H,21,24). The second-order valence-electron chi connectivity index (χ2n) is 6.48. The maximum Gasteiger partial charge on any atom is 0.237 e. The highest BCUT2D eigenvalue weighted by Gasteiger charge is 2.13. The van der Waals surface area contributed by atoms with E-state index in [4.69, 9.17) is 4.52 Å². The lowest BCUT2D eigenvalue weighted by Gasteiger charge is -2.11. The third kappa shape index (κ3) is 4.16. The fourth-order valence-corrected chi connectivity index (χ4v) is 3.25. The van der Waals surface area contributed by atoms with Crippen LogP contribution < -0.4 is 5.32 Å². The molecule has 1 aromatic carbocycles. The lowest BCUT2D eigenvalue weighted by Crippen LogP contribution is -2.14. The van der Waals surface area contributed by atoms with Crippen molar-refractivity contribution in [3.8, 4) is 5.69 Å². The molecule has 7 heteroatoms. The van der Waals surface area contributed by atoms with Crippen LogP contribution in [0.15, 0.2) is 46.3 Å². The van der Waals surface area contributed by atoms with Gasteiger partial charge in [-0.05, 0) is 37.0 Å². The molecule has 0 atom stereocenters. The number of imidazole rings is 1. The predicted molar refractivity (Wildman–Crippen MR) is 103 cm³/mol. The van der Waals surface area contributed by atoms with Gasteiger partial charge in [0.15, 0.2) is 5.16 Å². The van der Waals surface area contributed by atoms with E-state index in [0.29, 0.717) is 5.88 Å².